The number of thiocarbonyl (C=S) groups is 1. The number of hydrogen-bond donors (Lipinski definition) is 1. The number of hydrogen-bond acceptors (Lipinski definition) is 2. The zero-order chi connectivity index (χ0) is 13.1. The molecule has 0 unspecified atom stereocenters. The van der Waals surface area contributed by atoms with Crippen molar-refractivity contribution < 1.29 is 9.90 Å². The van der Waals surface area contributed by atoms with Crippen LogP contribution in [0.4, 0.5) is 0 Å². The third kappa shape index (κ3) is 2.46. The average Bonchev–Trinajstić information content (AvgIpc) is 2.39. The van der Waals surface area contributed by atoms with E-state index in [4.69, 9.17) is 17.3 Å². The van der Waals surface area contributed by atoms with Crippen molar-refractivity contribution in [2.45, 2.75) is 6.92 Å². The van der Waals surface area contributed by atoms with Crippen molar-refractivity contribution in [3.63, 3.8) is 0 Å². The minimum atomic E-state index is -0.958. The monoisotopic (exact) mass is 256 g/mol. The Morgan fingerprint density at radius 1 is 1.00 bits per heavy atom. The number of aromatic carboxylic acids is 1. The fourth-order valence-corrected chi connectivity index (χ4v) is 2.04. The first-order valence-corrected chi connectivity index (χ1v) is 5.94. The third-order valence-corrected chi connectivity index (χ3v) is 3.17. The van der Waals surface area contributed by atoms with Crippen LogP contribution in [0.5, 0.6) is 0 Å². The molecule has 0 spiro atoms. The lowest BCUT2D eigenvalue weighted by Crippen LogP contribution is -2.08. The maximum atomic E-state index is 11.2. The molecule has 0 aromatic heterocycles. The quantitative estimate of drug-likeness (QED) is 0.675. The summed E-state index contributed by atoms with van der Waals surface area (Å²) in [7, 11) is 0. The van der Waals surface area contributed by atoms with E-state index >= 15 is 0 Å². The van der Waals surface area contributed by atoms with Crippen molar-refractivity contribution in [3.8, 4) is 0 Å². The van der Waals surface area contributed by atoms with Crippen molar-refractivity contribution in [2.75, 3.05) is 0 Å². The molecule has 1 N–H and O–H groups in total. The van der Waals surface area contributed by atoms with E-state index in [1.165, 1.54) is 0 Å². The van der Waals surface area contributed by atoms with Crippen molar-refractivity contribution in [3.05, 3.63) is 70.8 Å². The summed E-state index contributed by atoms with van der Waals surface area (Å²) >= 11 is 5.37. The van der Waals surface area contributed by atoms with Crippen molar-refractivity contribution in [1.82, 2.24) is 0 Å². The molecule has 0 heterocycles. The lowest BCUT2D eigenvalue weighted by atomic mass is 9.99. The standard InChI is InChI=1S/C15H12O2S/c1-10-6-8-11(9-7-10)14(18)12-4-2-3-5-13(12)15(16)17/h2-9H,1H3,(H,16,17). The van der Waals surface area contributed by atoms with Gasteiger partial charge in [0.2, 0.25) is 0 Å². The van der Waals surface area contributed by atoms with E-state index in [0.717, 1.165) is 11.1 Å². The number of carbonyl (C=O) groups is 1. The zero-order valence-corrected chi connectivity index (χ0v) is 10.7. The fraction of sp³-hybridized carbons (Fsp3) is 0.0667. The number of carboxylic acids is 1. The van der Waals surface area contributed by atoms with Crippen LogP contribution in [0, 0.1) is 6.92 Å². The predicted molar refractivity (Wildman–Crippen MR) is 75.4 cm³/mol. The van der Waals surface area contributed by atoms with Crippen LogP contribution in [-0.4, -0.2) is 15.9 Å². The minimum absolute atomic E-state index is 0.239. The van der Waals surface area contributed by atoms with Crippen LogP contribution in [-0.2, 0) is 0 Å². The first kappa shape index (κ1) is 12.5. The Kier molecular flexibility index (Phi) is 3.53. The molecule has 0 aliphatic heterocycles. The summed E-state index contributed by atoms with van der Waals surface area (Å²) in [6.45, 7) is 2.00. The topological polar surface area (TPSA) is 37.3 Å². The summed E-state index contributed by atoms with van der Waals surface area (Å²) in [5, 5.41) is 9.15. The third-order valence-electron chi connectivity index (χ3n) is 2.72. The van der Waals surface area contributed by atoms with E-state index in [2.05, 4.69) is 0 Å². The number of aryl methyl sites for hydroxylation is 1. The van der Waals surface area contributed by atoms with Gasteiger partial charge in [-0.15, -0.1) is 0 Å². The van der Waals surface area contributed by atoms with Crippen molar-refractivity contribution >= 4 is 23.1 Å². The Hall–Kier alpha value is -2.00. The van der Waals surface area contributed by atoms with Gasteiger partial charge in [0, 0.05) is 5.56 Å². The van der Waals surface area contributed by atoms with Gasteiger partial charge < -0.3 is 5.11 Å². The molecule has 18 heavy (non-hydrogen) atoms. The second-order valence-electron chi connectivity index (χ2n) is 4.05. The second-order valence-corrected chi connectivity index (χ2v) is 4.45. The largest absolute Gasteiger partial charge is 0.478 e. The fourth-order valence-electron chi connectivity index (χ4n) is 1.73. The lowest BCUT2D eigenvalue weighted by molar-refractivity contribution is 0.0697. The molecule has 2 rings (SSSR count). The van der Waals surface area contributed by atoms with Gasteiger partial charge in [-0.2, -0.15) is 0 Å². The summed E-state index contributed by atoms with van der Waals surface area (Å²) in [5.74, 6) is -0.958. The molecule has 0 saturated carbocycles. The maximum Gasteiger partial charge on any atom is 0.336 e. The highest BCUT2D eigenvalue weighted by Gasteiger charge is 2.13. The van der Waals surface area contributed by atoms with Gasteiger partial charge in [0.25, 0.3) is 0 Å². The molecule has 0 radical (unpaired) electrons. The molecule has 0 saturated heterocycles. The van der Waals surface area contributed by atoms with E-state index in [1.54, 1.807) is 24.3 Å². The molecule has 90 valence electrons. The Morgan fingerprint density at radius 3 is 2.11 bits per heavy atom. The number of carboxylic acid groups (broad SMARTS) is 1. The Labute approximate surface area is 111 Å². The van der Waals surface area contributed by atoms with E-state index in [-0.39, 0.29) is 5.56 Å². The summed E-state index contributed by atoms with van der Waals surface area (Å²) < 4.78 is 0. The highest BCUT2D eigenvalue weighted by Crippen LogP contribution is 2.16. The Bertz CT molecular complexity index is 600. The SMILES string of the molecule is Cc1ccc(C(=S)c2ccccc2C(=O)O)cc1. The summed E-state index contributed by atoms with van der Waals surface area (Å²) in [6, 6.07) is 14.6. The Balaban J connectivity index is 2.46. The lowest BCUT2D eigenvalue weighted by Gasteiger charge is -2.08. The van der Waals surface area contributed by atoms with Crippen molar-refractivity contribution in [2.24, 2.45) is 0 Å². The highest BCUT2D eigenvalue weighted by molar-refractivity contribution is 7.81. The van der Waals surface area contributed by atoms with Crippen LogP contribution in [0.25, 0.3) is 0 Å². The van der Waals surface area contributed by atoms with Gasteiger partial charge in [-0.05, 0) is 18.6 Å². The normalized spacial score (nSPS) is 10.1. The van der Waals surface area contributed by atoms with Crippen LogP contribution in [0.1, 0.15) is 27.0 Å². The molecule has 0 atom stereocenters. The van der Waals surface area contributed by atoms with E-state index < -0.39 is 5.97 Å². The van der Waals surface area contributed by atoms with Gasteiger partial charge in [-0.25, -0.2) is 4.79 Å². The molecule has 0 aliphatic rings. The van der Waals surface area contributed by atoms with Crippen LogP contribution < -0.4 is 0 Å². The number of benzene rings is 2. The molecular formula is C15H12O2S. The molecule has 3 heteroatoms. The van der Waals surface area contributed by atoms with E-state index in [9.17, 15) is 4.79 Å². The summed E-state index contributed by atoms with van der Waals surface area (Å²) in [4.78, 5) is 11.7. The molecule has 0 fully saturated rings. The van der Waals surface area contributed by atoms with E-state index in [1.807, 2.05) is 31.2 Å². The summed E-state index contributed by atoms with van der Waals surface area (Å²) in [5.41, 5.74) is 2.84. The molecule has 0 aliphatic carbocycles. The summed E-state index contributed by atoms with van der Waals surface area (Å²) in [6.07, 6.45) is 0. The van der Waals surface area contributed by atoms with Gasteiger partial charge >= 0.3 is 5.97 Å². The van der Waals surface area contributed by atoms with Crippen molar-refractivity contribution in [1.29, 1.82) is 0 Å². The molecule has 2 aromatic rings. The first-order chi connectivity index (χ1) is 8.59. The van der Waals surface area contributed by atoms with Crippen LogP contribution in [0.3, 0.4) is 0 Å². The van der Waals surface area contributed by atoms with Crippen LogP contribution in [0.15, 0.2) is 48.5 Å². The first-order valence-electron chi connectivity index (χ1n) is 5.53. The molecule has 0 bridgehead atoms. The highest BCUT2D eigenvalue weighted by atomic mass is 32.1. The van der Waals surface area contributed by atoms with Gasteiger partial charge in [-0.3, -0.25) is 0 Å². The molecule has 0 amide bonds. The van der Waals surface area contributed by atoms with Crippen LogP contribution in [0.2, 0.25) is 0 Å². The van der Waals surface area contributed by atoms with Gasteiger partial charge in [0.15, 0.2) is 0 Å². The smallest absolute Gasteiger partial charge is 0.336 e. The average molecular weight is 256 g/mol. The molecular weight excluding hydrogens is 244 g/mol. The molecule has 2 nitrogen and oxygen atoms in total. The second kappa shape index (κ2) is 5.10. The van der Waals surface area contributed by atoms with Crippen LogP contribution >= 0.6 is 12.2 Å². The van der Waals surface area contributed by atoms with E-state index in [0.29, 0.717) is 10.4 Å². The maximum absolute atomic E-state index is 11.2. The van der Waals surface area contributed by atoms with Gasteiger partial charge in [0.05, 0.1) is 10.4 Å². The Morgan fingerprint density at radius 2 is 1.56 bits per heavy atom. The minimum Gasteiger partial charge on any atom is -0.478 e. The predicted octanol–water partition coefficient (Wildman–Crippen LogP) is 3.46. The number of rotatable bonds is 3. The zero-order valence-electron chi connectivity index (χ0n) is 9.88. The van der Waals surface area contributed by atoms with Gasteiger partial charge in [0.1, 0.15) is 0 Å². The van der Waals surface area contributed by atoms with Gasteiger partial charge in [-0.1, -0.05) is 60.2 Å². The molecule has 2 aromatic carbocycles.